The molecule has 0 amide bonds. The molecular weight excluding hydrogens is 330 g/mol. The van der Waals surface area contributed by atoms with Crippen LogP contribution in [0, 0.1) is 0 Å². The molecule has 0 atom stereocenters. The SMILES string of the molecule is CC(C)(C)c1cccc(-c2nc3ccccc3c3nc4ccccc4n23)c1. The second-order valence-electron chi connectivity index (χ2n) is 8.04. The lowest BCUT2D eigenvalue weighted by molar-refractivity contribution is 0.590. The minimum absolute atomic E-state index is 0.0863. The average Bonchev–Trinajstić information content (AvgIpc) is 3.07. The summed E-state index contributed by atoms with van der Waals surface area (Å²) in [7, 11) is 0. The number of rotatable bonds is 1. The third kappa shape index (κ3) is 2.50. The van der Waals surface area contributed by atoms with Crippen LogP contribution < -0.4 is 0 Å². The van der Waals surface area contributed by atoms with Crippen LogP contribution in [-0.4, -0.2) is 14.4 Å². The number of aromatic nitrogens is 3. The van der Waals surface area contributed by atoms with E-state index in [2.05, 4.69) is 79.8 Å². The third-order valence-corrected chi connectivity index (χ3v) is 5.13. The van der Waals surface area contributed by atoms with Gasteiger partial charge in [-0.25, -0.2) is 9.97 Å². The van der Waals surface area contributed by atoms with Gasteiger partial charge in [-0.1, -0.05) is 63.2 Å². The minimum Gasteiger partial charge on any atom is -0.276 e. The van der Waals surface area contributed by atoms with Crippen molar-refractivity contribution < 1.29 is 0 Å². The highest BCUT2D eigenvalue weighted by atomic mass is 15.1. The Morgan fingerprint density at radius 2 is 1.48 bits per heavy atom. The lowest BCUT2D eigenvalue weighted by atomic mass is 9.86. The lowest BCUT2D eigenvalue weighted by Gasteiger charge is -2.20. The van der Waals surface area contributed by atoms with Crippen molar-refractivity contribution in [3.05, 3.63) is 78.4 Å². The van der Waals surface area contributed by atoms with Crippen LogP contribution in [-0.2, 0) is 5.41 Å². The van der Waals surface area contributed by atoms with Crippen LogP contribution in [0.1, 0.15) is 26.3 Å². The molecule has 2 aromatic heterocycles. The van der Waals surface area contributed by atoms with Gasteiger partial charge < -0.3 is 0 Å². The summed E-state index contributed by atoms with van der Waals surface area (Å²) in [4.78, 5) is 9.97. The Kier molecular flexibility index (Phi) is 3.35. The summed E-state index contributed by atoms with van der Waals surface area (Å²) in [5, 5.41) is 1.07. The van der Waals surface area contributed by atoms with Crippen LogP contribution in [0.2, 0.25) is 0 Å². The van der Waals surface area contributed by atoms with Gasteiger partial charge in [-0.3, -0.25) is 4.40 Å². The van der Waals surface area contributed by atoms with E-state index in [0.717, 1.165) is 39.0 Å². The Hall–Kier alpha value is -3.20. The fraction of sp³-hybridized carbons (Fsp3) is 0.167. The van der Waals surface area contributed by atoms with Crippen molar-refractivity contribution in [3.63, 3.8) is 0 Å². The second kappa shape index (κ2) is 5.65. The number of benzene rings is 3. The highest BCUT2D eigenvalue weighted by Gasteiger charge is 2.18. The summed E-state index contributed by atoms with van der Waals surface area (Å²) in [5.41, 5.74) is 6.50. The highest BCUT2D eigenvalue weighted by Crippen LogP contribution is 2.31. The molecule has 0 spiro atoms. The van der Waals surface area contributed by atoms with Gasteiger partial charge >= 0.3 is 0 Å². The van der Waals surface area contributed by atoms with Gasteiger partial charge in [-0.05, 0) is 41.3 Å². The minimum atomic E-state index is 0.0863. The van der Waals surface area contributed by atoms with Gasteiger partial charge in [0.05, 0.1) is 16.6 Å². The van der Waals surface area contributed by atoms with Crippen molar-refractivity contribution in [2.24, 2.45) is 0 Å². The van der Waals surface area contributed by atoms with Crippen LogP contribution in [0.5, 0.6) is 0 Å². The maximum absolute atomic E-state index is 5.04. The van der Waals surface area contributed by atoms with E-state index in [1.54, 1.807) is 0 Å². The molecule has 0 radical (unpaired) electrons. The molecule has 0 fully saturated rings. The van der Waals surface area contributed by atoms with Gasteiger partial charge in [0, 0.05) is 10.9 Å². The van der Waals surface area contributed by atoms with Gasteiger partial charge in [0.1, 0.15) is 11.5 Å². The Balaban J connectivity index is 1.94. The molecule has 2 heterocycles. The molecule has 0 N–H and O–H groups in total. The number of hydrogen-bond donors (Lipinski definition) is 0. The summed E-state index contributed by atoms with van der Waals surface area (Å²) in [6.07, 6.45) is 0. The molecule has 0 unspecified atom stereocenters. The van der Waals surface area contributed by atoms with Crippen molar-refractivity contribution in [1.82, 2.24) is 14.4 Å². The summed E-state index contributed by atoms with van der Waals surface area (Å²) in [6, 6.07) is 25.2. The smallest absolute Gasteiger partial charge is 0.149 e. The molecule has 3 aromatic carbocycles. The molecule has 5 rings (SSSR count). The first-order valence-electron chi connectivity index (χ1n) is 9.29. The fourth-order valence-corrected chi connectivity index (χ4v) is 3.66. The normalized spacial score (nSPS) is 12.3. The summed E-state index contributed by atoms with van der Waals surface area (Å²) in [6.45, 7) is 6.71. The topological polar surface area (TPSA) is 30.2 Å². The predicted molar refractivity (Wildman–Crippen MR) is 112 cm³/mol. The standard InChI is InChI=1S/C24H21N3/c1-24(2,3)17-10-8-9-16(15-17)22-25-19-12-5-4-11-18(19)23-26-20-13-6-7-14-21(20)27(22)23/h4-15H,1-3H3. The molecule has 132 valence electrons. The Labute approximate surface area is 158 Å². The van der Waals surface area contributed by atoms with Crippen LogP contribution in [0.25, 0.3) is 39.0 Å². The number of imidazole rings is 1. The highest BCUT2D eigenvalue weighted by molar-refractivity contribution is 5.98. The summed E-state index contributed by atoms with van der Waals surface area (Å²) >= 11 is 0. The number of hydrogen-bond acceptors (Lipinski definition) is 2. The molecule has 0 saturated carbocycles. The van der Waals surface area contributed by atoms with E-state index < -0.39 is 0 Å². The first-order valence-corrected chi connectivity index (χ1v) is 9.29. The monoisotopic (exact) mass is 351 g/mol. The molecule has 27 heavy (non-hydrogen) atoms. The van der Waals surface area contributed by atoms with E-state index >= 15 is 0 Å². The molecule has 0 aliphatic carbocycles. The zero-order valence-electron chi connectivity index (χ0n) is 15.8. The van der Waals surface area contributed by atoms with Crippen LogP contribution in [0.4, 0.5) is 0 Å². The molecule has 0 saturated heterocycles. The van der Waals surface area contributed by atoms with Crippen molar-refractivity contribution in [2.75, 3.05) is 0 Å². The van der Waals surface area contributed by atoms with E-state index in [-0.39, 0.29) is 5.41 Å². The van der Waals surface area contributed by atoms with Gasteiger partial charge in [-0.15, -0.1) is 0 Å². The molecule has 3 heteroatoms. The third-order valence-electron chi connectivity index (χ3n) is 5.13. The average molecular weight is 351 g/mol. The van der Waals surface area contributed by atoms with E-state index in [4.69, 9.17) is 9.97 Å². The van der Waals surface area contributed by atoms with Crippen molar-refractivity contribution in [1.29, 1.82) is 0 Å². The zero-order valence-corrected chi connectivity index (χ0v) is 15.8. The van der Waals surface area contributed by atoms with Crippen LogP contribution in [0.3, 0.4) is 0 Å². The Morgan fingerprint density at radius 3 is 2.30 bits per heavy atom. The largest absolute Gasteiger partial charge is 0.276 e. The van der Waals surface area contributed by atoms with Crippen molar-refractivity contribution in [2.45, 2.75) is 26.2 Å². The first kappa shape index (κ1) is 16.0. The van der Waals surface area contributed by atoms with Crippen LogP contribution in [0.15, 0.2) is 72.8 Å². The number of fused-ring (bicyclic) bond motifs is 5. The van der Waals surface area contributed by atoms with E-state index in [9.17, 15) is 0 Å². The Bertz CT molecular complexity index is 1310. The molecule has 0 bridgehead atoms. The maximum atomic E-state index is 5.04. The summed E-state index contributed by atoms with van der Waals surface area (Å²) < 4.78 is 2.19. The number of nitrogens with zero attached hydrogens (tertiary/aromatic N) is 3. The lowest BCUT2D eigenvalue weighted by Crippen LogP contribution is -2.11. The second-order valence-corrected chi connectivity index (χ2v) is 8.04. The van der Waals surface area contributed by atoms with Gasteiger partial charge in [0.2, 0.25) is 0 Å². The molecule has 0 aliphatic heterocycles. The predicted octanol–water partition coefficient (Wildman–Crippen LogP) is 6.00. The molecule has 5 aromatic rings. The number of para-hydroxylation sites is 3. The van der Waals surface area contributed by atoms with E-state index in [0.29, 0.717) is 0 Å². The van der Waals surface area contributed by atoms with Crippen molar-refractivity contribution in [3.8, 4) is 11.4 Å². The quantitative estimate of drug-likeness (QED) is 0.371. The zero-order chi connectivity index (χ0) is 18.6. The maximum Gasteiger partial charge on any atom is 0.149 e. The molecule has 3 nitrogen and oxygen atoms in total. The van der Waals surface area contributed by atoms with Gasteiger partial charge in [0.25, 0.3) is 0 Å². The molecular formula is C24H21N3. The van der Waals surface area contributed by atoms with Gasteiger partial charge in [-0.2, -0.15) is 0 Å². The van der Waals surface area contributed by atoms with Crippen molar-refractivity contribution >= 4 is 27.6 Å². The fourth-order valence-electron chi connectivity index (χ4n) is 3.66. The van der Waals surface area contributed by atoms with E-state index in [1.165, 1.54) is 5.56 Å². The van der Waals surface area contributed by atoms with Gasteiger partial charge in [0.15, 0.2) is 0 Å². The van der Waals surface area contributed by atoms with Crippen LogP contribution >= 0.6 is 0 Å². The summed E-state index contributed by atoms with van der Waals surface area (Å²) in [5.74, 6) is 0.934. The molecule has 0 aliphatic rings. The Morgan fingerprint density at radius 1 is 0.741 bits per heavy atom. The first-order chi connectivity index (χ1) is 13.0. The van der Waals surface area contributed by atoms with E-state index in [1.807, 2.05) is 18.2 Å².